The summed E-state index contributed by atoms with van der Waals surface area (Å²) < 4.78 is 42.0. The van der Waals surface area contributed by atoms with Crippen molar-refractivity contribution in [3.05, 3.63) is 85.3 Å². The van der Waals surface area contributed by atoms with Crippen LogP contribution in [-0.2, 0) is 4.79 Å². The molecule has 184 valence electrons. The first-order valence-electron chi connectivity index (χ1n) is 11.0. The van der Waals surface area contributed by atoms with E-state index in [1.807, 2.05) is 6.07 Å². The second kappa shape index (κ2) is 9.54. The van der Waals surface area contributed by atoms with Crippen LogP contribution in [0.3, 0.4) is 0 Å². The average molecular weight is 502 g/mol. The Morgan fingerprint density at radius 3 is 2.73 bits per heavy atom. The lowest BCUT2D eigenvalue weighted by atomic mass is 10.0. The quantitative estimate of drug-likeness (QED) is 0.351. The molecule has 1 unspecified atom stereocenters. The topological polar surface area (TPSA) is 116 Å². The standard InChI is InChI=1S/C25H17F3N8O/c26-25(27,28)24(37)36(19-5-2-9-30-13-19)18-4-1-3-16(11-18)21(6-8-29)35-14-17(12-34-35)22-20-7-10-31-23(20)33-15-32-22/h1-5,7,9-15,21H,6H2,(H,31,32,33). The van der Waals surface area contributed by atoms with Gasteiger partial charge in [-0.25, -0.2) is 9.97 Å². The van der Waals surface area contributed by atoms with E-state index >= 15 is 0 Å². The summed E-state index contributed by atoms with van der Waals surface area (Å²) in [6.07, 6.45) is 3.91. The summed E-state index contributed by atoms with van der Waals surface area (Å²) in [4.78, 5) is 28.3. The van der Waals surface area contributed by atoms with Crippen LogP contribution in [0.4, 0.5) is 24.5 Å². The van der Waals surface area contributed by atoms with Crippen molar-refractivity contribution in [3.63, 3.8) is 0 Å². The number of pyridine rings is 1. The maximum atomic E-state index is 13.5. The summed E-state index contributed by atoms with van der Waals surface area (Å²) in [5, 5.41) is 14.7. The van der Waals surface area contributed by atoms with E-state index in [2.05, 4.69) is 31.1 Å². The van der Waals surface area contributed by atoms with Gasteiger partial charge in [0.1, 0.15) is 12.0 Å². The number of amides is 1. The fourth-order valence-electron chi connectivity index (χ4n) is 4.05. The van der Waals surface area contributed by atoms with E-state index in [1.54, 1.807) is 29.3 Å². The molecule has 5 rings (SSSR count). The molecule has 0 fully saturated rings. The SMILES string of the molecule is N#CCC(c1cccc(N(C(=O)C(F)(F)F)c2cccnc2)c1)n1cc(-c2ncnc3[nH]ccc23)cn1. The molecule has 0 spiro atoms. The van der Waals surface area contributed by atoms with Crippen molar-refractivity contribution in [3.8, 4) is 17.3 Å². The van der Waals surface area contributed by atoms with Crippen molar-refractivity contribution < 1.29 is 18.0 Å². The average Bonchev–Trinajstić information content (AvgIpc) is 3.58. The zero-order valence-electron chi connectivity index (χ0n) is 19.0. The second-order valence-corrected chi connectivity index (χ2v) is 7.99. The third-order valence-electron chi connectivity index (χ3n) is 5.70. The van der Waals surface area contributed by atoms with Gasteiger partial charge in [-0.15, -0.1) is 0 Å². The Labute approximate surface area is 207 Å². The van der Waals surface area contributed by atoms with Gasteiger partial charge in [-0.05, 0) is 35.9 Å². The van der Waals surface area contributed by atoms with E-state index in [0.717, 1.165) is 5.39 Å². The third kappa shape index (κ3) is 4.62. The number of anilines is 2. The van der Waals surface area contributed by atoms with Crippen molar-refractivity contribution in [1.29, 1.82) is 5.26 Å². The number of rotatable bonds is 6. The lowest BCUT2D eigenvalue weighted by Crippen LogP contribution is -2.38. The summed E-state index contributed by atoms with van der Waals surface area (Å²) in [5.74, 6) is -2.06. The fourth-order valence-corrected chi connectivity index (χ4v) is 4.05. The number of carbonyl (C=O) groups excluding carboxylic acids is 1. The lowest BCUT2D eigenvalue weighted by Gasteiger charge is -2.25. The van der Waals surface area contributed by atoms with Gasteiger partial charge < -0.3 is 4.98 Å². The number of benzene rings is 1. The first-order chi connectivity index (χ1) is 17.9. The van der Waals surface area contributed by atoms with Crippen LogP contribution in [0.15, 0.2) is 79.8 Å². The van der Waals surface area contributed by atoms with Crippen LogP contribution in [-0.4, -0.2) is 41.8 Å². The lowest BCUT2D eigenvalue weighted by molar-refractivity contribution is -0.169. The monoisotopic (exact) mass is 502 g/mol. The molecule has 0 saturated heterocycles. The number of fused-ring (bicyclic) bond motifs is 1. The first kappa shape index (κ1) is 23.7. The highest BCUT2D eigenvalue weighted by Crippen LogP contribution is 2.34. The Kier molecular flexibility index (Phi) is 6.10. The number of hydrogen-bond acceptors (Lipinski definition) is 6. The maximum absolute atomic E-state index is 13.5. The maximum Gasteiger partial charge on any atom is 0.472 e. The minimum Gasteiger partial charge on any atom is -0.346 e. The Morgan fingerprint density at radius 1 is 1.14 bits per heavy atom. The molecule has 9 nitrogen and oxygen atoms in total. The van der Waals surface area contributed by atoms with Crippen molar-refractivity contribution in [1.82, 2.24) is 29.7 Å². The Hall–Kier alpha value is -5.05. The molecule has 1 atom stereocenters. The fraction of sp³-hybridized carbons (Fsp3) is 0.120. The number of H-pyrrole nitrogens is 1. The van der Waals surface area contributed by atoms with Crippen LogP contribution >= 0.6 is 0 Å². The van der Waals surface area contributed by atoms with Crippen molar-refractivity contribution in [2.24, 2.45) is 0 Å². The van der Waals surface area contributed by atoms with Gasteiger partial charge in [-0.2, -0.15) is 23.5 Å². The van der Waals surface area contributed by atoms with Gasteiger partial charge in [0.15, 0.2) is 0 Å². The summed E-state index contributed by atoms with van der Waals surface area (Å²) in [6.45, 7) is 0. The molecule has 0 aliphatic heterocycles. The molecular weight excluding hydrogens is 485 g/mol. The highest BCUT2D eigenvalue weighted by molar-refractivity contribution is 6.03. The molecule has 1 amide bonds. The number of aromatic nitrogens is 6. The van der Waals surface area contributed by atoms with Gasteiger partial charge >= 0.3 is 12.1 Å². The normalized spacial score (nSPS) is 12.3. The second-order valence-electron chi connectivity index (χ2n) is 7.99. The third-order valence-corrected chi connectivity index (χ3v) is 5.70. The smallest absolute Gasteiger partial charge is 0.346 e. The summed E-state index contributed by atoms with van der Waals surface area (Å²) in [5.41, 5.74) is 2.40. The number of halogens is 3. The minimum absolute atomic E-state index is 0.0198. The van der Waals surface area contributed by atoms with Gasteiger partial charge in [0.25, 0.3) is 0 Å². The van der Waals surface area contributed by atoms with Gasteiger partial charge in [-0.1, -0.05) is 12.1 Å². The number of nitrogens with one attached hydrogen (secondary N) is 1. The molecule has 4 heterocycles. The molecule has 5 aromatic rings. The number of nitrogens with zero attached hydrogens (tertiary/aromatic N) is 7. The molecule has 0 radical (unpaired) electrons. The van der Waals surface area contributed by atoms with Gasteiger partial charge in [0.2, 0.25) is 0 Å². The molecule has 0 bridgehead atoms. The van der Waals surface area contributed by atoms with Crippen LogP contribution < -0.4 is 4.90 Å². The molecule has 12 heteroatoms. The van der Waals surface area contributed by atoms with Crippen LogP contribution in [0.25, 0.3) is 22.3 Å². The first-order valence-corrected chi connectivity index (χ1v) is 11.0. The van der Waals surface area contributed by atoms with Crippen molar-refractivity contribution in [2.75, 3.05) is 4.90 Å². The molecule has 1 N–H and O–H groups in total. The zero-order chi connectivity index (χ0) is 26.0. The number of carbonyl (C=O) groups is 1. The predicted molar refractivity (Wildman–Crippen MR) is 127 cm³/mol. The number of alkyl halides is 3. The molecular formula is C25H17F3N8O. The van der Waals surface area contributed by atoms with E-state index < -0.39 is 18.1 Å². The largest absolute Gasteiger partial charge is 0.472 e. The van der Waals surface area contributed by atoms with Crippen LogP contribution in [0, 0.1) is 11.3 Å². The Balaban J connectivity index is 1.55. The summed E-state index contributed by atoms with van der Waals surface area (Å²) in [6, 6.07) is 12.1. The molecule has 37 heavy (non-hydrogen) atoms. The zero-order valence-corrected chi connectivity index (χ0v) is 19.0. The minimum atomic E-state index is -5.12. The molecule has 4 aromatic heterocycles. The van der Waals surface area contributed by atoms with E-state index in [-0.39, 0.29) is 17.8 Å². The summed E-state index contributed by atoms with van der Waals surface area (Å²) >= 11 is 0. The molecule has 0 aliphatic carbocycles. The van der Waals surface area contributed by atoms with Crippen molar-refractivity contribution >= 4 is 28.3 Å². The summed E-state index contributed by atoms with van der Waals surface area (Å²) in [7, 11) is 0. The van der Waals surface area contributed by atoms with E-state index in [0.29, 0.717) is 27.4 Å². The highest BCUT2D eigenvalue weighted by atomic mass is 19.4. The number of aromatic amines is 1. The molecule has 1 aromatic carbocycles. The number of hydrogen-bond donors (Lipinski definition) is 1. The highest BCUT2D eigenvalue weighted by Gasteiger charge is 2.44. The van der Waals surface area contributed by atoms with E-state index in [1.165, 1.54) is 49.1 Å². The Bertz CT molecular complexity index is 1600. The van der Waals surface area contributed by atoms with Gasteiger partial charge in [-0.3, -0.25) is 19.4 Å². The van der Waals surface area contributed by atoms with E-state index in [9.17, 15) is 23.2 Å². The van der Waals surface area contributed by atoms with Crippen molar-refractivity contribution in [2.45, 2.75) is 18.6 Å². The van der Waals surface area contributed by atoms with E-state index in [4.69, 9.17) is 0 Å². The predicted octanol–water partition coefficient (Wildman–Crippen LogP) is 4.95. The van der Waals surface area contributed by atoms with Crippen LogP contribution in [0.2, 0.25) is 0 Å². The number of nitriles is 1. The van der Waals surface area contributed by atoms with Gasteiger partial charge in [0.05, 0.1) is 42.3 Å². The Morgan fingerprint density at radius 2 is 1.97 bits per heavy atom. The molecule has 0 aliphatic rings. The van der Waals surface area contributed by atoms with Crippen LogP contribution in [0.1, 0.15) is 18.0 Å². The molecule has 0 saturated carbocycles. The van der Waals surface area contributed by atoms with Crippen LogP contribution in [0.5, 0.6) is 0 Å². The van der Waals surface area contributed by atoms with Gasteiger partial charge in [0, 0.05) is 35.2 Å².